The first-order valence-corrected chi connectivity index (χ1v) is 9.54. The molecule has 7 heteroatoms. The topological polar surface area (TPSA) is 77.2 Å². The molecule has 6 nitrogen and oxygen atoms in total. The number of aromatic amines is 1. The molecule has 0 spiro atoms. The number of hydrogen-bond donors (Lipinski definition) is 1. The van der Waals surface area contributed by atoms with E-state index in [9.17, 15) is 9.59 Å². The van der Waals surface area contributed by atoms with Gasteiger partial charge in [-0.3, -0.25) is 0 Å². The standard InChI is InChI=1S/C22H19ClN2O4/c23-19-11-5-4-9-18(19)14-28-22(15-25-20(26)24-21(27)29-25)12-6-10-17(13-22)16-7-2-1-3-8-16/h1-12H,13-15H2,(H,24,26,27). The van der Waals surface area contributed by atoms with Crippen LogP contribution < -0.4 is 11.4 Å². The summed E-state index contributed by atoms with van der Waals surface area (Å²) in [5.74, 6) is -0.796. The highest BCUT2D eigenvalue weighted by molar-refractivity contribution is 6.31. The molecule has 4 rings (SSSR count). The molecule has 29 heavy (non-hydrogen) atoms. The van der Waals surface area contributed by atoms with Crippen LogP contribution in [-0.2, 0) is 17.9 Å². The number of ether oxygens (including phenoxy) is 1. The van der Waals surface area contributed by atoms with Crippen molar-refractivity contribution in [2.45, 2.75) is 25.2 Å². The summed E-state index contributed by atoms with van der Waals surface area (Å²) in [7, 11) is 0. The maximum absolute atomic E-state index is 12.0. The minimum Gasteiger partial charge on any atom is -0.364 e. The van der Waals surface area contributed by atoms with Crippen molar-refractivity contribution in [3.63, 3.8) is 0 Å². The maximum atomic E-state index is 12.0. The Morgan fingerprint density at radius 1 is 1.10 bits per heavy atom. The van der Waals surface area contributed by atoms with Crippen molar-refractivity contribution >= 4 is 17.2 Å². The zero-order chi connectivity index (χ0) is 20.3. The predicted molar refractivity (Wildman–Crippen MR) is 111 cm³/mol. The average Bonchev–Trinajstić information content (AvgIpc) is 3.05. The lowest BCUT2D eigenvalue weighted by Gasteiger charge is -2.33. The molecule has 1 aliphatic carbocycles. The number of nitrogens with one attached hydrogen (secondary N) is 1. The summed E-state index contributed by atoms with van der Waals surface area (Å²) in [5, 5.41) is 0.603. The van der Waals surface area contributed by atoms with Crippen molar-refractivity contribution in [2.24, 2.45) is 0 Å². The molecule has 3 aromatic rings. The van der Waals surface area contributed by atoms with Crippen LogP contribution >= 0.6 is 11.6 Å². The highest BCUT2D eigenvalue weighted by Gasteiger charge is 2.34. The van der Waals surface area contributed by atoms with Gasteiger partial charge in [0.05, 0.1) is 13.2 Å². The number of aromatic nitrogens is 2. The fraction of sp³-hybridized carbons (Fsp3) is 0.182. The van der Waals surface area contributed by atoms with E-state index >= 15 is 0 Å². The van der Waals surface area contributed by atoms with Gasteiger partial charge < -0.3 is 9.26 Å². The lowest BCUT2D eigenvalue weighted by molar-refractivity contribution is -0.0439. The Morgan fingerprint density at radius 2 is 1.86 bits per heavy atom. The van der Waals surface area contributed by atoms with Crippen LogP contribution in [0.5, 0.6) is 0 Å². The van der Waals surface area contributed by atoms with Crippen LogP contribution in [0.2, 0.25) is 5.02 Å². The van der Waals surface area contributed by atoms with Crippen molar-refractivity contribution in [1.29, 1.82) is 0 Å². The number of rotatable bonds is 6. The van der Waals surface area contributed by atoms with Gasteiger partial charge in [-0.25, -0.2) is 14.6 Å². The Kier molecular flexibility index (Phi) is 5.38. The minimum absolute atomic E-state index is 0.0513. The molecule has 0 saturated carbocycles. The van der Waals surface area contributed by atoms with Crippen molar-refractivity contribution in [3.8, 4) is 0 Å². The van der Waals surface area contributed by atoms with Crippen LogP contribution in [-0.4, -0.2) is 15.3 Å². The van der Waals surface area contributed by atoms with Gasteiger partial charge in [0.2, 0.25) is 0 Å². The number of H-pyrrole nitrogens is 1. The van der Waals surface area contributed by atoms with Gasteiger partial charge in [0, 0.05) is 11.4 Å². The van der Waals surface area contributed by atoms with Gasteiger partial charge in [-0.1, -0.05) is 78.4 Å². The SMILES string of the molecule is O=c1[nH]c(=O)n(CC2(OCc3ccccc3Cl)C=CC=C(c3ccccc3)C2)o1. The molecule has 1 aromatic heterocycles. The predicted octanol–water partition coefficient (Wildman–Crippen LogP) is 3.78. The van der Waals surface area contributed by atoms with E-state index in [2.05, 4.69) is 4.98 Å². The van der Waals surface area contributed by atoms with Gasteiger partial charge in [0.25, 0.3) is 0 Å². The largest absolute Gasteiger partial charge is 0.440 e. The van der Waals surface area contributed by atoms with E-state index in [1.807, 2.05) is 66.8 Å². The fourth-order valence-corrected chi connectivity index (χ4v) is 3.57. The van der Waals surface area contributed by atoms with Crippen molar-refractivity contribution < 1.29 is 9.26 Å². The molecule has 1 heterocycles. The smallest absolute Gasteiger partial charge is 0.364 e. The summed E-state index contributed by atoms with van der Waals surface area (Å²) in [6.07, 6.45) is 6.30. The summed E-state index contributed by atoms with van der Waals surface area (Å²) in [6, 6.07) is 17.4. The van der Waals surface area contributed by atoms with Crippen LogP contribution in [0.4, 0.5) is 0 Å². The average molecular weight is 411 g/mol. The number of nitrogens with zero attached hydrogens (tertiary/aromatic N) is 1. The molecule has 0 aliphatic heterocycles. The molecule has 0 radical (unpaired) electrons. The molecular weight excluding hydrogens is 392 g/mol. The third-order valence-electron chi connectivity index (χ3n) is 4.84. The second kappa shape index (κ2) is 8.11. The van der Waals surface area contributed by atoms with Crippen LogP contribution in [0.15, 0.2) is 86.9 Å². The van der Waals surface area contributed by atoms with Crippen LogP contribution in [0.1, 0.15) is 17.5 Å². The van der Waals surface area contributed by atoms with Gasteiger partial charge >= 0.3 is 11.4 Å². The fourth-order valence-electron chi connectivity index (χ4n) is 3.38. The monoisotopic (exact) mass is 410 g/mol. The Labute approximate surface area is 171 Å². The Balaban J connectivity index is 1.66. The maximum Gasteiger partial charge on any atom is 0.440 e. The molecule has 0 fully saturated rings. The molecule has 0 bridgehead atoms. The quantitative estimate of drug-likeness (QED) is 0.670. The molecule has 148 valence electrons. The highest BCUT2D eigenvalue weighted by atomic mass is 35.5. The number of benzene rings is 2. The zero-order valence-corrected chi connectivity index (χ0v) is 16.3. The van der Waals surface area contributed by atoms with E-state index in [0.29, 0.717) is 11.4 Å². The van der Waals surface area contributed by atoms with Gasteiger partial charge in [-0.15, -0.1) is 4.74 Å². The number of halogens is 1. The zero-order valence-electron chi connectivity index (χ0n) is 15.5. The van der Waals surface area contributed by atoms with Crippen molar-refractivity contribution in [3.05, 3.63) is 110 Å². The second-order valence-corrected chi connectivity index (χ2v) is 7.29. The highest BCUT2D eigenvalue weighted by Crippen LogP contribution is 2.35. The third kappa shape index (κ3) is 4.34. The number of hydrogen-bond acceptors (Lipinski definition) is 4. The van der Waals surface area contributed by atoms with Gasteiger partial charge in [-0.05, 0) is 22.8 Å². The first-order valence-electron chi connectivity index (χ1n) is 9.16. The van der Waals surface area contributed by atoms with Crippen molar-refractivity contribution in [1.82, 2.24) is 9.72 Å². The van der Waals surface area contributed by atoms with Crippen LogP contribution in [0, 0.1) is 0 Å². The molecule has 1 aliphatic rings. The molecule has 0 amide bonds. The van der Waals surface area contributed by atoms with Gasteiger partial charge in [0.1, 0.15) is 5.60 Å². The molecular formula is C22H19ClN2O4. The Bertz CT molecular complexity index is 1170. The molecule has 1 N–H and O–H groups in total. The van der Waals surface area contributed by atoms with E-state index in [1.54, 1.807) is 6.07 Å². The van der Waals surface area contributed by atoms with Crippen LogP contribution in [0.25, 0.3) is 5.57 Å². The lowest BCUT2D eigenvalue weighted by atomic mass is 9.86. The molecule has 2 aromatic carbocycles. The minimum atomic E-state index is -0.888. The lowest BCUT2D eigenvalue weighted by Crippen LogP contribution is -2.39. The van der Waals surface area contributed by atoms with E-state index in [-0.39, 0.29) is 13.2 Å². The summed E-state index contributed by atoms with van der Waals surface area (Å²) < 4.78 is 12.3. The van der Waals surface area contributed by atoms with E-state index < -0.39 is 17.0 Å². The first kappa shape index (κ1) is 19.2. The summed E-state index contributed by atoms with van der Waals surface area (Å²) in [4.78, 5) is 25.6. The summed E-state index contributed by atoms with van der Waals surface area (Å²) in [6.45, 7) is 0.297. The van der Waals surface area contributed by atoms with Gasteiger partial charge in [0.15, 0.2) is 0 Å². The Hall–Kier alpha value is -3.09. The Morgan fingerprint density at radius 3 is 2.59 bits per heavy atom. The second-order valence-electron chi connectivity index (χ2n) is 6.88. The molecule has 0 saturated heterocycles. The van der Waals surface area contributed by atoms with Crippen molar-refractivity contribution in [2.75, 3.05) is 0 Å². The van der Waals surface area contributed by atoms with E-state index in [4.69, 9.17) is 20.9 Å². The van der Waals surface area contributed by atoms with Gasteiger partial charge in [-0.2, -0.15) is 0 Å². The van der Waals surface area contributed by atoms with E-state index in [1.165, 1.54) is 0 Å². The number of allylic oxidation sites excluding steroid dienone is 2. The van der Waals surface area contributed by atoms with E-state index in [0.717, 1.165) is 21.4 Å². The summed E-state index contributed by atoms with van der Waals surface area (Å²) >= 11 is 6.27. The molecule has 1 unspecified atom stereocenters. The first-order chi connectivity index (χ1) is 14.0. The van der Waals surface area contributed by atoms with Crippen LogP contribution in [0.3, 0.4) is 0 Å². The normalized spacial score (nSPS) is 18.6. The third-order valence-corrected chi connectivity index (χ3v) is 5.21. The summed E-state index contributed by atoms with van der Waals surface area (Å²) in [5.41, 5.74) is 1.45. The molecule has 1 atom stereocenters.